The van der Waals surface area contributed by atoms with Gasteiger partial charge in [-0.15, -0.1) is 11.8 Å². The molecule has 1 N–H and O–H groups in total. The first kappa shape index (κ1) is 19.6. The first-order valence-corrected chi connectivity index (χ1v) is 10.0. The van der Waals surface area contributed by atoms with Gasteiger partial charge in [0.15, 0.2) is 0 Å². The number of carbonyl (C=O) groups is 1. The molecule has 1 amide bonds. The van der Waals surface area contributed by atoms with E-state index >= 15 is 0 Å². The van der Waals surface area contributed by atoms with E-state index in [1.165, 1.54) is 57.9 Å². The predicted molar refractivity (Wildman–Crippen MR) is 98.3 cm³/mol. The van der Waals surface area contributed by atoms with E-state index in [4.69, 9.17) is 0 Å². The van der Waals surface area contributed by atoms with Crippen LogP contribution in [0.5, 0.6) is 0 Å². The molecule has 1 aliphatic heterocycles. The largest absolute Gasteiger partial charge is 0.352 e. The maximum absolute atomic E-state index is 11.7. The molecule has 0 spiro atoms. The van der Waals surface area contributed by atoms with Crippen molar-refractivity contribution in [1.82, 2.24) is 10.2 Å². The topological polar surface area (TPSA) is 32.3 Å². The van der Waals surface area contributed by atoms with Crippen molar-refractivity contribution in [2.24, 2.45) is 0 Å². The van der Waals surface area contributed by atoms with Crippen LogP contribution in [-0.2, 0) is 4.79 Å². The first-order chi connectivity index (χ1) is 10.7. The van der Waals surface area contributed by atoms with Crippen molar-refractivity contribution in [2.45, 2.75) is 70.1 Å². The Morgan fingerprint density at radius 1 is 1.27 bits per heavy atom. The minimum Gasteiger partial charge on any atom is -0.352 e. The monoisotopic (exact) mass is 326 g/mol. The molecule has 0 aromatic rings. The Kier molecular flexibility index (Phi) is 11.6. The van der Waals surface area contributed by atoms with Gasteiger partial charge in [-0.25, -0.2) is 0 Å². The van der Waals surface area contributed by atoms with E-state index in [2.05, 4.69) is 24.2 Å². The van der Waals surface area contributed by atoms with E-state index in [-0.39, 0.29) is 5.91 Å². The Bertz CT molecular complexity index is 320. The van der Waals surface area contributed by atoms with Crippen LogP contribution in [0.3, 0.4) is 0 Å². The van der Waals surface area contributed by atoms with Crippen molar-refractivity contribution in [1.29, 1.82) is 0 Å². The number of hydrogen-bond acceptors (Lipinski definition) is 3. The third kappa shape index (κ3) is 9.52. The average Bonchev–Trinajstić information content (AvgIpc) is 2.52. The second kappa shape index (κ2) is 13.0. The van der Waals surface area contributed by atoms with E-state index in [1.54, 1.807) is 6.08 Å². The average molecular weight is 327 g/mol. The summed E-state index contributed by atoms with van der Waals surface area (Å²) in [6.07, 6.45) is 15.1. The molecule has 1 rings (SSSR count). The number of thioether (sulfide) groups is 1. The lowest BCUT2D eigenvalue weighted by Gasteiger charge is -2.31. The first-order valence-electron chi connectivity index (χ1n) is 9.00. The summed E-state index contributed by atoms with van der Waals surface area (Å²) in [7, 11) is 2.21. The standard InChI is InChI=1S/C18H34N2OS/c1-3-4-5-6-7-8-9-12-17(21)19-14-16-22-18-13-10-11-15-20(18)2/h9,12,18H,3-8,10-11,13-16H2,1-2H3,(H,19,21)/b12-9+. The van der Waals surface area contributed by atoms with Crippen LogP contribution >= 0.6 is 11.8 Å². The number of allylic oxidation sites excluding steroid dienone is 1. The van der Waals surface area contributed by atoms with Crippen LogP contribution in [0.2, 0.25) is 0 Å². The lowest BCUT2D eigenvalue weighted by molar-refractivity contribution is -0.116. The lowest BCUT2D eigenvalue weighted by atomic mass is 10.1. The minimum atomic E-state index is 0.0613. The van der Waals surface area contributed by atoms with Gasteiger partial charge in [-0.3, -0.25) is 9.69 Å². The summed E-state index contributed by atoms with van der Waals surface area (Å²) in [6.45, 7) is 4.22. The maximum Gasteiger partial charge on any atom is 0.243 e. The third-order valence-corrected chi connectivity index (χ3v) is 5.58. The Hall–Kier alpha value is -0.480. The van der Waals surface area contributed by atoms with Crippen molar-refractivity contribution >= 4 is 17.7 Å². The molecule has 1 fully saturated rings. The number of nitrogens with one attached hydrogen (secondary N) is 1. The van der Waals surface area contributed by atoms with E-state index < -0.39 is 0 Å². The molecule has 1 unspecified atom stereocenters. The van der Waals surface area contributed by atoms with Gasteiger partial charge >= 0.3 is 0 Å². The molecule has 4 heteroatoms. The highest BCUT2D eigenvalue weighted by Crippen LogP contribution is 2.24. The summed E-state index contributed by atoms with van der Waals surface area (Å²) in [5.74, 6) is 1.07. The molecule has 0 aliphatic carbocycles. The van der Waals surface area contributed by atoms with Gasteiger partial charge in [0, 0.05) is 12.3 Å². The summed E-state index contributed by atoms with van der Waals surface area (Å²) in [6, 6.07) is 0. The molecule has 0 aromatic carbocycles. The van der Waals surface area contributed by atoms with Crippen LogP contribution in [0.25, 0.3) is 0 Å². The molecule has 1 aliphatic rings. The number of unbranched alkanes of at least 4 members (excludes halogenated alkanes) is 5. The molecule has 1 heterocycles. The van der Waals surface area contributed by atoms with Crippen LogP contribution in [0.4, 0.5) is 0 Å². The zero-order chi connectivity index (χ0) is 16.0. The second-order valence-corrected chi connectivity index (χ2v) is 7.48. The van der Waals surface area contributed by atoms with Gasteiger partial charge in [0.1, 0.15) is 0 Å². The Morgan fingerprint density at radius 3 is 2.86 bits per heavy atom. The minimum absolute atomic E-state index is 0.0613. The molecule has 128 valence electrons. The van der Waals surface area contributed by atoms with E-state index in [0.29, 0.717) is 5.37 Å². The number of nitrogens with zero attached hydrogens (tertiary/aromatic N) is 1. The molecular formula is C18H34N2OS. The summed E-state index contributed by atoms with van der Waals surface area (Å²) >= 11 is 1.97. The maximum atomic E-state index is 11.7. The van der Waals surface area contributed by atoms with Gasteiger partial charge in [-0.1, -0.05) is 38.7 Å². The van der Waals surface area contributed by atoms with Crippen LogP contribution in [0, 0.1) is 0 Å². The fourth-order valence-corrected chi connectivity index (χ4v) is 3.92. The van der Waals surface area contributed by atoms with E-state index in [1.807, 2.05) is 17.8 Å². The van der Waals surface area contributed by atoms with Crippen molar-refractivity contribution < 1.29 is 4.79 Å². The van der Waals surface area contributed by atoms with E-state index in [0.717, 1.165) is 18.7 Å². The molecule has 1 atom stereocenters. The Labute approximate surface area is 141 Å². The van der Waals surface area contributed by atoms with Gasteiger partial charge in [-0.2, -0.15) is 0 Å². The van der Waals surface area contributed by atoms with Crippen LogP contribution < -0.4 is 5.32 Å². The predicted octanol–water partition coefficient (Wildman–Crippen LogP) is 4.19. The molecule has 22 heavy (non-hydrogen) atoms. The molecule has 1 saturated heterocycles. The highest BCUT2D eigenvalue weighted by atomic mass is 32.2. The number of likely N-dealkylation sites (tertiary alicyclic amines) is 1. The summed E-state index contributed by atoms with van der Waals surface area (Å²) < 4.78 is 0. The fourth-order valence-electron chi connectivity index (χ4n) is 2.74. The van der Waals surface area contributed by atoms with Gasteiger partial charge in [0.05, 0.1) is 5.37 Å². The van der Waals surface area contributed by atoms with Crippen molar-refractivity contribution in [3.63, 3.8) is 0 Å². The SMILES string of the molecule is CCCCCCC/C=C/C(=O)NCCSC1CCCCN1C. The number of amides is 1. The smallest absolute Gasteiger partial charge is 0.243 e. The Balaban J connectivity index is 1.96. The third-order valence-electron chi connectivity index (χ3n) is 4.16. The highest BCUT2D eigenvalue weighted by molar-refractivity contribution is 7.99. The molecule has 0 bridgehead atoms. The molecule has 3 nitrogen and oxygen atoms in total. The normalized spacial score (nSPS) is 19.6. The molecular weight excluding hydrogens is 292 g/mol. The number of carbonyl (C=O) groups excluding carboxylic acids is 1. The van der Waals surface area contributed by atoms with Crippen LogP contribution in [0.15, 0.2) is 12.2 Å². The van der Waals surface area contributed by atoms with Crippen molar-refractivity contribution in [3.8, 4) is 0 Å². The van der Waals surface area contributed by atoms with Crippen LogP contribution in [-0.4, -0.2) is 42.1 Å². The molecule has 0 saturated carbocycles. The zero-order valence-corrected chi connectivity index (χ0v) is 15.3. The summed E-state index contributed by atoms with van der Waals surface area (Å²) in [5.41, 5.74) is 0. The number of rotatable bonds is 11. The number of piperidine rings is 1. The Morgan fingerprint density at radius 2 is 2.09 bits per heavy atom. The summed E-state index contributed by atoms with van der Waals surface area (Å²) in [4.78, 5) is 14.1. The summed E-state index contributed by atoms with van der Waals surface area (Å²) in [5, 5.41) is 3.63. The van der Waals surface area contributed by atoms with E-state index in [9.17, 15) is 4.79 Å². The van der Waals surface area contributed by atoms with Gasteiger partial charge in [0.25, 0.3) is 0 Å². The second-order valence-electron chi connectivity index (χ2n) is 6.20. The molecule has 0 radical (unpaired) electrons. The van der Waals surface area contributed by atoms with Crippen molar-refractivity contribution in [3.05, 3.63) is 12.2 Å². The highest BCUT2D eigenvalue weighted by Gasteiger charge is 2.18. The van der Waals surface area contributed by atoms with Crippen molar-refractivity contribution in [2.75, 3.05) is 25.9 Å². The van der Waals surface area contributed by atoms with Crippen LogP contribution in [0.1, 0.15) is 64.7 Å². The number of hydrogen-bond donors (Lipinski definition) is 1. The fraction of sp³-hybridized carbons (Fsp3) is 0.833. The van der Waals surface area contributed by atoms with Gasteiger partial charge < -0.3 is 5.32 Å². The molecule has 0 aromatic heterocycles. The van der Waals surface area contributed by atoms with Gasteiger partial charge in [0.2, 0.25) is 5.91 Å². The quantitative estimate of drug-likeness (QED) is 0.456. The lowest BCUT2D eigenvalue weighted by Crippen LogP contribution is -2.34. The van der Waals surface area contributed by atoms with Gasteiger partial charge in [-0.05, 0) is 51.8 Å². The zero-order valence-electron chi connectivity index (χ0n) is 14.5.